The molecule has 13 rings (SSSR count). The van der Waals surface area contributed by atoms with E-state index in [1.807, 2.05) is 0 Å². The Hall–Kier alpha value is -8.52. The van der Waals surface area contributed by atoms with Crippen LogP contribution in [0, 0.1) is 0 Å². The van der Waals surface area contributed by atoms with Crippen molar-refractivity contribution in [1.82, 2.24) is 0 Å². The quantitative estimate of drug-likeness (QED) is 0.144. The van der Waals surface area contributed by atoms with Gasteiger partial charge in [0.2, 0.25) is 0 Å². The van der Waals surface area contributed by atoms with Gasteiger partial charge in [0.05, 0.1) is 5.69 Å². The third-order valence-electron chi connectivity index (χ3n) is 14.6. The number of fused-ring (bicyclic) bond motifs is 10. The van der Waals surface area contributed by atoms with Crippen LogP contribution in [-0.2, 0) is 5.41 Å². The molecule has 0 heterocycles. The number of nitrogens with zero attached hydrogens (tertiary/aromatic N) is 1. The fourth-order valence-corrected chi connectivity index (χ4v) is 11.5. The third kappa shape index (κ3) is 6.24. The molecule has 12 aromatic rings. The summed E-state index contributed by atoms with van der Waals surface area (Å²) in [4.78, 5) is 2.52. The van der Waals surface area contributed by atoms with Gasteiger partial charge in [0.15, 0.2) is 0 Å². The molecule has 0 bridgehead atoms. The van der Waals surface area contributed by atoms with E-state index in [9.17, 15) is 0 Å². The first kappa shape index (κ1) is 39.8. The lowest BCUT2D eigenvalue weighted by molar-refractivity contribution is 0.660. The van der Waals surface area contributed by atoms with Gasteiger partial charge in [-0.05, 0) is 141 Å². The Morgan fingerprint density at radius 3 is 1.59 bits per heavy atom. The Labute approximate surface area is 397 Å². The molecule has 1 aliphatic carbocycles. The summed E-state index contributed by atoms with van der Waals surface area (Å²) in [6, 6.07) is 92.2. The predicted molar refractivity (Wildman–Crippen MR) is 290 cm³/mol. The molecule has 1 aliphatic rings. The van der Waals surface area contributed by atoms with E-state index in [1.165, 1.54) is 110 Å². The lowest BCUT2D eigenvalue weighted by Gasteiger charge is -2.30. The van der Waals surface area contributed by atoms with E-state index in [0.717, 1.165) is 17.1 Å². The van der Waals surface area contributed by atoms with E-state index in [-0.39, 0.29) is 5.41 Å². The summed E-state index contributed by atoms with van der Waals surface area (Å²) < 4.78 is 0. The van der Waals surface area contributed by atoms with Crippen LogP contribution >= 0.6 is 0 Å². The van der Waals surface area contributed by atoms with E-state index in [1.54, 1.807) is 0 Å². The van der Waals surface area contributed by atoms with Gasteiger partial charge in [0.1, 0.15) is 0 Å². The van der Waals surface area contributed by atoms with Crippen LogP contribution in [0.15, 0.2) is 249 Å². The molecule has 0 unspecified atom stereocenters. The smallest absolute Gasteiger partial charge is 0.0540 e. The molecule has 0 fully saturated rings. The molecular formula is C67H47N. The summed E-state index contributed by atoms with van der Waals surface area (Å²) in [6.07, 6.45) is 0. The number of para-hydroxylation sites is 1. The molecule has 0 amide bonds. The fraction of sp³-hybridized carbons (Fsp3) is 0.0448. The second-order valence-electron chi connectivity index (χ2n) is 18.7. The van der Waals surface area contributed by atoms with Gasteiger partial charge in [-0.15, -0.1) is 0 Å². The van der Waals surface area contributed by atoms with Crippen molar-refractivity contribution in [1.29, 1.82) is 0 Å². The molecule has 12 aromatic carbocycles. The Kier molecular flexibility index (Phi) is 9.27. The van der Waals surface area contributed by atoms with E-state index < -0.39 is 0 Å². The lowest BCUT2D eigenvalue weighted by Crippen LogP contribution is -2.17. The summed E-state index contributed by atoms with van der Waals surface area (Å²) in [5.41, 5.74) is 18.2. The molecule has 1 heteroatoms. The van der Waals surface area contributed by atoms with E-state index in [0.29, 0.717) is 0 Å². The number of anilines is 3. The van der Waals surface area contributed by atoms with Crippen LogP contribution < -0.4 is 4.90 Å². The zero-order valence-corrected chi connectivity index (χ0v) is 38.1. The summed E-state index contributed by atoms with van der Waals surface area (Å²) in [5.74, 6) is 0. The molecule has 1 nitrogen and oxygen atoms in total. The van der Waals surface area contributed by atoms with E-state index in [4.69, 9.17) is 0 Å². The van der Waals surface area contributed by atoms with Gasteiger partial charge >= 0.3 is 0 Å². The van der Waals surface area contributed by atoms with Gasteiger partial charge in [-0.25, -0.2) is 0 Å². The van der Waals surface area contributed by atoms with Crippen LogP contribution in [0.3, 0.4) is 0 Å². The first-order chi connectivity index (χ1) is 33.5. The Bertz CT molecular complexity index is 3920. The van der Waals surface area contributed by atoms with Gasteiger partial charge in [-0.2, -0.15) is 0 Å². The SMILES string of the molecule is CC1(C)c2ccccc2-c2ccc(N(c3ccc4c(c3)c3ccccc3c3c(-c5ccccc5)cc(-c5ccccc5)c(-c5ccccc5)c43)c3ccccc3-c3cccc4ccccc34)cc21. The monoisotopic (exact) mass is 865 g/mol. The molecule has 0 N–H and O–H groups in total. The maximum atomic E-state index is 2.52. The second kappa shape index (κ2) is 15.8. The minimum atomic E-state index is -0.165. The maximum Gasteiger partial charge on any atom is 0.0540 e. The number of hydrogen-bond donors (Lipinski definition) is 0. The standard InChI is InChI=1S/C67H47N/c1-67(2)61-35-18-16-31-53(61)54-39-37-49(42-62(54)67)68(63-36-19-17-32-55(63)51-34-20-28-44-25-12-13-29-50(44)51)48-38-40-57-60(41-48)52-30-14-15-33-56(52)65-59(46-23-8-4-9-24-46)43-58(45-21-6-3-7-22-45)64(66(57)65)47-26-10-5-11-27-47/h3-43H,1-2H3. The second-order valence-corrected chi connectivity index (χ2v) is 18.7. The molecule has 0 aliphatic heterocycles. The predicted octanol–water partition coefficient (Wildman–Crippen LogP) is 18.7. The van der Waals surface area contributed by atoms with Crippen LogP contribution in [0.4, 0.5) is 17.1 Å². The van der Waals surface area contributed by atoms with Crippen LogP contribution in [0.2, 0.25) is 0 Å². The highest BCUT2D eigenvalue weighted by atomic mass is 15.1. The van der Waals surface area contributed by atoms with Crippen LogP contribution in [0.5, 0.6) is 0 Å². The van der Waals surface area contributed by atoms with Crippen molar-refractivity contribution in [2.75, 3.05) is 4.90 Å². The number of benzene rings is 12. The summed E-state index contributed by atoms with van der Waals surface area (Å²) in [7, 11) is 0. The summed E-state index contributed by atoms with van der Waals surface area (Å²) >= 11 is 0. The van der Waals surface area contributed by atoms with Gasteiger partial charge in [-0.3, -0.25) is 0 Å². The van der Waals surface area contributed by atoms with Crippen molar-refractivity contribution in [2.24, 2.45) is 0 Å². The zero-order valence-electron chi connectivity index (χ0n) is 38.1. The fourth-order valence-electron chi connectivity index (χ4n) is 11.5. The average Bonchev–Trinajstić information content (AvgIpc) is 3.64. The lowest BCUT2D eigenvalue weighted by atomic mass is 9.81. The molecule has 0 radical (unpaired) electrons. The van der Waals surface area contributed by atoms with Crippen molar-refractivity contribution in [2.45, 2.75) is 19.3 Å². The van der Waals surface area contributed by atoms with Crippen LogP contribution in [-0.4, -0.2) is 0 Å². The molecule has 68 heavy (non-hydrogen) atoms. The minimum Gasteiger partial charge on any atom is -0.310 e. The van der Waals surface area contributed by atoms with Gasteiger partial charge in [-0.1, -0.05) is 226 Å². The minimum absolute atomic E-state index is 0.165. The van der Waals surface area contributed by atoms with Gasteiger partial charge in [0, 0.05) is 22.4 Å². The summed E-state index contributed by atoms with van der Waals surface area (Å²) in [5, 5.41) is 9.90. The van der Waals surface area contributed by atoms with E-state index >= 15 is 0 Å². The van der Waals surface area contributed by atoms with Crippen molar-refractivity contribution in [3.05, 3.63) is 260 Å². The highest BCUT2D eigenvalue weighted by Gasteiger charge is 2.36. The van der Waals surface area contributed by atoms with Crippen molar-refractivity contribution < 1.29 is 0 Å². The highest BCUT2D eigenvalue weighted by molar-refractivity contribution is 6.33. The third-order valence-corrected chi connectivity index (χ3v) is 14.6. The largest absolute Gasteiger partial charge is 0.310 e. The molecular weight excluding hydrogens is 819 g/mol. The topological polar surface area (TPSA) is 3.24 Å². The molecule has 0 aromatic heterocycles. The first-order valence-corrected chi connectivity index (χ1v) is 23.8. The van der Waals surface area contributed by atoms with E-state index in [2.05, 4.69) is 267 Å². The van der Waals surface area contributed by atoms with Crippen molar-refractivity contribution >= 4 is 60.2 Å². The van der Waals surface area contributed by atoms with Crippen LogP contribution in [0.1, 0.15) is 25.0 Å². The molecule has 320 valence electrons. The highest BCUT2D eigenvalue weighted by Crippen LogP contribution is 2.53. The van der Waals surface area contributed by atoms with Gasteiger partial charge in [0.25, 0.3) is 0 Å². The zero-order chi connectivity index (χ0) is 45.3. The van der Waals surface area contributed by atoms with Crippen molar-refractivity contribution in [3.8, 4) is 55.6 Å². The molecule has 0 saturated carbocycles. The molecule has 0 spiro atoms. The van der Waals surface area contributed by atoms with Crippen molar-refractivity contribution in [3.63, 3.8) is 0 Å². The molecule has 0 atom stereocenters. The maximum absolute atomic E-state index is 2.52. The van der Waals surface area contributed by atoms with Gasteiger partial charge < -0.3 is 4.90 Å². The number of rotatable bonds is 7. The Morgan fingerprint density at radius 1 is 0.294 bits per heavy atom. The molecule has 0 saturated heterocycles. The Morgan fingerprint density at radius 2 is 0.824 bits per heavy atom. The normalized spacial score (nSPS) is 12.7. The average molecular weight is 866 g/mol. The van der Waals surface area contributed by atoms with Crippen LogP contribution in [0.25, 0.3) is 98.7 Å². The summed E-state index contributed by atoms with van der Waals surface area (Å²) in [6.45, 7) is 4.75. The number of hydrogen-bond acceptors (Lipinski definition) is 1. The first-order valence-electron chi connectivity index (χ1n) is 23.8. The Balaban J connectivity index is 1.15.